The number of hydrogen-bond acceptors (Lipinski definition) is 12. The van der Waals surface area contributed by atoms with Gasteiger partial charge in [-0.1, -0.05) is 68.7 Å². The van der Waals surface area contributed by atoms with Crippen LogP contribution in [0.3, 0.4) is 0 Å². The van der Waals surface area contributed by atoms with Crippen LogP contribution in [-0.2, 0) is 50.6 Å². The molecular weight excluding hydrogens is 781 g/mol. The minimum absolute atomic E-state index is 0.122. The number of unbranched alkanes of at least 4 members (excludes halogenated alkanes) is 2. The number of allylic oxidation sites excluding steroid dienone is 7. The lowest BCUT2D eigenvalue weighted by Gasteiger charge is -2.32. The summed E-state index contributed by atoms with van der Waals surface area (Å²) in [6.45, 7) is 11.0. The summed E-state index contributed by atoms with van der Waals surface area (Å²) < 4.78 is 102. The van der Waals surface area contributed by atoms with Crippen molar-refractivity contribution < 1.29 is 53.5 Å². The smallest absolute Gasteiger partial charge is 0.294 e. The molecule has 2 aromatic carbocycles. The maximum absolute atomic E-state index is 12.0. The summed E-state index contributed by atoms with van der Waals surface area (Å²) in [6.07, 6.45) is 13.2. The standard InChI is InChI=1S/C36H48N2O12S4/c1-26(12-10-14-33-35(2,3)29-24-27(51-50-49-39)16-18-31(29)37(33)20-6-8-22-52(40,41)42)13-11-15-34-36(4,5)30-25-28(54(46,47)48)17-19-32(30)38(34)21-7-9-23-53(43,44)45/h10-19,24-25,33,39H,6-9,20-23H2,1-5H3,(H,40,41,42)(H,43,44,45)(H,46,47,48)/b13-11+,14-10+,26-12+,34-15+. The zero-order chi connectivity index (χ0) is 40.1. The van der Waals surface area contributed by atoms with Crippen LogP contribution in [0.1, 0.15) is 71.4 Å². The molecule has 2 aromatic rings. The summed E-state index contributed by atoms with van der Waals surface area (Å²) in [5.74, 6) is -0.697. The molecule has 14 nitrogen and oxygen atoms in total. The van der Waals surface area contributed by atoms with Gasteiger partial charge in [0.15, 0.2) is 0 Å². The van der Waals surface area contributed by atoms with E-state index < -0.39 is 41.2 Å². The van der Waals surface area contributed by atoms with Crippen LogP contribution in [0.5, 0.6) is 0 Å². The molecule has 1 atom stereocenters. The number of rotatable bonds is 18. The highest BCUT2D eigenvalue weighted by Gasteiger charge is 2.43. The average Bonchev–Trinajstić information content (AvgIpc) is 3.40. The summed E-state index contributed by atoms with van der Waals surface area (Å²) in [7, 11) is -12.6. The number of anilines is 2. The van der Waals surface area contributed by atoms with Crippen LogP contribution >= 0.6 is 12.0 Å². The Balaban J connectivity index is 1.59. The minimum atomic E-state index is -4.45. The van der Waals surface area contributed by atoms with E-state index >= 15 is 0 Å². The van der Waals surface area contributed by atoms with Crippen molar-refractivity contribution in [2.75, 3.05) is 34.4 Å². The lowest BCUT2D eigenvalue weighted by Crippen LogP contribution is -2.40. The first-order valence-corrected chi connectivity index (χ1v) is 22.6. The molecule has 0 saturated heterocycles. The predicted molar refractivity (Wildman–Crippen MR) is 209 cm³/mol. The van der Waals surface area contributed by atoms with Crippen molar-refractivity contribution in [1.29, 1.82) is 0 Å². The van der Waals surface area contributed by atoms with Crippen LogP contribution in [0.2, 0.25) is 0 Å². The fourth-order valence-corrected chi connectivity index (χ4v) is 9.07. The average molecular weight is 829 g/mol. The molecule has 0 amide bonds. The summed E-state index contributed by atoms with van der Waals surface area (Å²) in [6, 6.07) is 10.0. The molecule has 0 aromatic heterocycles. The highest BCUT2D eigenvalue weighted by atomic mass is 32.2. The van der Waals surface area contributed by atoms with Gasteiger partial charge in [-0.3, -0.25) is 13.7 Å². The Morgan fingerprint density at radius 3 is 2.07 bits per heavy atom. The van der Waals surface area contributed by atoms with Crippen LogP contribution in [0.15, 0.2) is 93.9 Å². The Bertz CT molecular complexity index is 2140. The second kappa shape index (κ2) is 17.4. The number of nitrogens with zero attached hydrogens (tertiary/aromatic N) is 2. The summed E-state index contributed by atoms with van der Waals surface area (Å²) in [5, 5.41) is 12.4. The van der Waals surface area contributed by atoms with E-state index in [1.54, 1.807) is 6.07 Å². The normalized spacial score (nSPS) is 19.4. The lowest BCUT2D eigenvalue weighted by atomic mass is 9.80. The Morgan fingerprint density at radius 2 is 1.46 bits per heavy atom. The molecule has 54 heavy (non-hydrogen) atoms. The zero-order valence-corrected chi connectivity index (χ0v) is 34.0. The number of hydrogen-bond donors (Lipinski definition) is 4. The molecule has 1 unspecified atom stereocenters. The van der Waals surface area contributed by atoms with E-state index in [1.165, 1.54) is 12.1 Å². The molecule has 0 spiro atoms. The molecule has 2 aliphatic rings. The van der Waals surface area contributed by atoms with Gasteiger partial charge in [0, 0.05) is 45.9 Å². The number of fused-ring (bicyclic) bond motifs is 2. The van der Waals surface area contributed by atoms with Crippen molar-refractivity contribution in [3.63, 3.8) is 0 Å². The third-order valence-electron chi connectivity index (χ3n) is 9.72. The van der Waals surface area contributed by atoms with Crippen molar-refractivity contribution in [2.24, 2.45) is 0 Å². The molecule has 298 valence electrons. The largest absolute Gasteiger partial charge is 0.364 e. The first kappa shape index (κ1) is 43.7. The first-order chi connectivity index (χ1) is 25.1. The highest BCUT2D eigenvalue weighted by molar-refractivity contribution is 7.94. The van der Waals surface area contributed by atoms with Crippen molar-refractivity contribution in [1.82, 2.24) is 0 Å². The van der Waals surface area contributed by atoms with Crippen LogP contribution in [0.4, 0.5) is 11.4 Å². The molecule has 0 fully saturated rings. The van der Waals surface area contributed by atoms with Crippen molar-refractivity contribution in [3.05, 3.63) is 95.3 Å². The van der Waals surface area contributed by atoms with Crippen molar-refractivity contribution in [2.45, 2.75) is 87.0 Å². The zero-order valence-electron chi connectivity index (χ0n) is 30.7. The van der Waals surface area contributed by atoms with Crippen LogP contribution in [0.25, 0.3) is 0 Å². The van der Waals surface area contributed by atoms with Gasteiger partial charge < -0.3 is 9.80 Å². The third-order valence-corrected chi connectivity index (χ3v) is 12.8. The molecule has 0 saturated carbocycles. The van der Waals surface area contributed by atoms with Gasteiger partial charge in [-0.2, -0.15) is 25.3 Å². The van der Waals surface area contributed by atoms with Gasteiger partial charge in [-0.15, -0.1) is 4.33 Å². The molecule has 2 aliphatic heterocycles. The second-order valence-electron chi connectivity index (χ2n) is 14.4. The van der Waals surface area contributed by atoms with E-state index in [1.807, 2.05) is 74.3 Å². The fourth-order valence-electron chi connectivity index (χ4n) is 7.03. The highest BCUT2D eigenvalue weighted by Crippen LogP contribution is 2.49. The van der Waals surface area contributed by atoms with Crippen LogP contribution in [0, 0.1) is 0 Å². The van der Waals surface area contributed by atoms with Gasteiger partial charge in [0.05, 0.1) is 34.5 Å². The van der Waals surface area contributed by atoms with E-state index in [4.69, 9.17) is 5.26 Å². The van der Waals surface area contributed by atoms with Gasteiger partial charge in [-0.25, -0.2) is 5.26 Å². The molecule has 0 aliphatic carbocycles. The Morgan fingerprint density at radius 1 is 0.833 bits per heavy atom. The maximum atomic E-state index is 12.0. The molecule has 4 rings (SSSR count). The molecule has 4 N–H and O–H groups in total. The summed E-state index contributed by atoms with van der Waals surface area (Å²) in [5.41, 5.74) is 4.09. The summed E-state index contributed by atoms with van der Waals surface area (Å²) >= 11 is 0.862. The van der Waals surface area contributed by atoms with Gasteiger partial charge in [-0.05, 0) is 86.2 Å². The molecule has 2 heterocycles. The van der Waals surface area contributed by atoms with Gasteiger partial charge in [0.2, 0.25) is 0 Å². The van der Waals surface area contributed by atoms with E-state index in [0.717, 1.165) is 40.3 Å². The monoisotopic (exact) mass is 828 g/mol. The van der Waals surface area contributed by atoms with Crippen molar-refractivity contribution >= 4 is 53.8 Å². The Hall–Kier alpha value is -3.04. The predicted octanol–water partition coefficient (Wildman–Crippen LogP) is 6.90. The SMILES string of the molecule is CC(/C=C/C=C1/N(CCCCS(=O)(=O)O)c2ccc(S(=O)(=O)O)cc2C1(C)C)=C\C=C\C1N(CCCCS(=O)(=O)O)c2ccc(SOOO)cc2C1(C)C. The molecule has 0 radical (unpaired) electrons. The van der Waals surface area contributed by atoms with E-state index in [2.05, 4.69) is 34.2 Å². The van der Waals surface area contributed by atoms with Gasteiger partial charge in [0.25, 0.3) is 30.4 Å². The lowest BCUT2D eigenvalue weighted by molar-refractivity contribution is -0.432. The summed E-state index contributed by atoms with van der Waals surface area (Å²) in [4.78, 5) is 4.69. The second-order valence-corrected chi connectivity index (χ2v) is 19.7. The Kier molecular flexibility index (Phi) is 14.1. The minimum Gasteiger partial charge on any atom is -0.364 e. The van der Waals surface area contributed by atoms with E-state index in [0.29, 0.717) is 42.8 Å². The van der Waals surface area contributed by atoms with Gasteiger partial charge >= 0.3 is 0 Å². The van der Waals surface area contributed by atoms with Crippen molar-refractivity contribution in [3.8, 4) is 0 Å². The molecule has 0 bridgehead atoms. The quantitative estimate of drug-likeness (QED) is 0.0301. The molecular formula is C36H48N2O12S4. The topological polar surface area (TPSA) is 208 Å². The Labute approximate surface area is 322 Å². The van der Waals surface area contributed by atoms with E-state index in [-0.39, 0.29) is 28.9 Å². The maximum Gasteiger partial charge on any atom is 0.294 e. The van der Waals surface area contributed by atoms with Crippen LogP contribution < -0.4 is 9.80 Å². The number of benzene rings is 2. The first-order valence-electron chi connectivity index (χ1n) is 17.2. The fraction of sp³-hybridized carbons (Fsp3) is 0.444. The van der Waals surface area contributed by atoms with Crippen LogP contribution in [-0.4, -0.2) is 74.8 Å². The van der Waals surface area contributed by atoms with Gasteiger partial charge in [0.1, 0.15) is 0 Å². The third kappa shape index (κ3) is 11.0. The van der Waals surface area contributed by atoms with E-state index in [9.17, 15) is 38.9 Å². The molecule has 18 heteroatoms.